The maximum atomic E-state index is 10.5. The average molecular weight is 448 g/mol. The average Bonchev–Trinajstić information content (AvgIpc) is 3.17. The number of benzene rings is 2. The Morgan fingerprint density at radius 3 is 2.61 bits per heavy atom. The van der Waals surface area contributed by atoms with E-state index < -0.39 is 0 Å². The number of phenolic OH excluding ortho intramolecular Hbond substituents is 2. The van der Waals surface area contributed by atoms with E-state index in [1.54, 1.807) is 6.07 Å². The van der Waals surface area contributed by atoms with Crippen LogP contribution in [0, 0.1) is 0 Å². The Bertz CT molecular complexity index is 1260. The van der Waals surface area contributed by atoms with Crippen molar-refractivity contribution < 1.29 is 10.2 Å². The van der Waals surface area contributed by atoms with Crippen LogP contribution in [0.1, 0.15) is 56.0 Å². The first kappa shape index (κ1) is 22.9. The second-order valence-electron chi connectivity index (χ2n) is 8.65. The molecule has 2 aromatic carbocycles. The van der Waals surface area contributed by atoms with Gasteiger partial charge in [0.1, 0.15) is 11.3 Å². The van der Waals surface area contributed by atoms with Crippen LogP contribution in [-0.4, -0.2) is 31.3 Å². The number of para-hydroxylation sites is 1. The van der Waals surface area contributed by atoms with Gasteiger partial charge in [0.25, 0.3) is 0 Å². The smallest absolute Gasteiger partial charge is 0.162 e. The van der Waals surface area contributed by atoms with Gasteiger partial charge in [-0.2, -0.15) is 0 Å². The Kier molecular flexibility index (Phi) is 6.99. The predicted octanol–water partition coefficient (Wildman–Crippen LogP) is 4.64. The van der Waals surface area contributed by atoms with Gasteiger partial charge < -0.3 is 26.2 Å². The van der Waals surface area contributed by atoms with E-state index in [4.69, 9.17) is 16.5 Å². The van der Waals surface area contributed by atoms with Gasteiger partial charge in [-0.15, -0.1) is 0 Å². The third-order valence-corrected chi connectivity index (χ3v) is 6.20. The molecular weight excluding hydrogens is 414 g/mol. The Morgan fingerprint density at radius 1 is 0.970 bits per heavy atom. The molecule has 0 spiro atoms. The van der Waals surface area contributed by atoms with Gasteiger partial charge in [-0.3, -0.25) is 0 Å². The monoisotopic (exact) mass is 447 g/mol. The second-order valence-corrected chi connectivity index (χ2v) is 8.65. The van der Waals surface area contributed by atoms with Gasteiger partial charge in [0.2, 0.25) is 0 Å². The summed E-state index contributed by atoms with van der Waals surface area (Å²) in [7, 11) is 0. The molecule has 7 heteroatoms. The summed E-state index contributed by atoms with van der Waals surface area (Å²) in [6, 6.07) is 11.4. The van der Waals surface area contributed by atoms with Crippen LogP contribution >= 0.6 is 0 Å². The second kappa shape index (κ2) is 10.1. The SMILES string of the molecule is CCCCc1nc2c(N)nc3ccc(CCCCCN)cc3c2n1Cc1cccc(O)c1O. The third kappa shape index (κ3) is 4.73. The molecule has 0 bridgehead atoms. The highest BCUT2D eigenvalue weighted by Crippen LogP contribution is 2.34. The molecule has 2 heterocycles. The van der Waals surface area contributed by atoms with Gasteiger partial charge in [-0.1, -0.05) is 38.0 Å². The first-order chi connectivity index (χ1) is 16.0. The van der Waals surface area contributed by atoms with Gasteiger partial charge in [-0.25, -0.2) is 9.97 Å². The summed E-state index contributed by atoms with van der Waals surface area (Å²) >= 11 is 0. The van der Waals surface area contributed by atoms with Crippen LogP contribution in [0.2, 0.25) is 0 Å². The van der Waals surface area contributed by atoms with E-state index in [0.29, 0.717) is 23.4 Å². The maximum absolute atomic E-state index is 10.5. The number of nitrogen functional groups attached to an aromatic ring is 1. The molecule has 0 saturated heterocycles. The molecule has 0 aliphatic heterocycles. The molecule has 0 amide bonds. The molecule has 0 aliphatic rings. The Hall–Kier alpha value is -3.32. The molecule has 33 heavy (non-hydrogen) atoms. The maximum Gasteiger partial charge on any atom is 0.162 e. The summed E-state index contributed by atoms with van der Waals surface area (Å²) in [4.78, 5) is 9.51. The van der Waals surface area contributed by atoms with E-state index in [1.165, 1.54) is 11.6 Å². The van der Waals surface area contributed by atoms with Crippen molar-refractivity contribution in [2.24, 2.45) is 5.73 Å². The predicted molar refractivity (Wildman–Crippen MR) is 134 cm³/mol. The van der Waals surface area contributed by atoms with Crippen LogP contribution in [0.15, 0.2) is 36.4 Å². The van der Waals surface area contributed by atoms with Crippen molar-refractivity contribution in [2.75, 3.05) is 12.3 Å². The van der Waals surface area contributed by atoms with Gasteiger partial charge in [0.15, 0.2) is 17.3 Å². The summed E-state index contributed by atoms with van der Waals surface area (Å²) in [5, 5.41) is 21.5. The lowest BCUT2D eigenvalue weighted by Crippen LogP contribution is -2.06. The fourth-order valence-corrected chi connectivity index (χ4v) is 4.38. The number of hydrogen-bond donors (Lipinski definition) is 4. The quantitative estimate of drug-likeness (QED) is 0.207. The zero-order chi connectivity index (χ0) is 23.4. The van der Waals surface area contributed by atoms with Crippen LogP contribution in [0.3, 0.4) is 0 Å². The lowest BCUT2D eigenvalue weighted by Gasteiger charge is -2.13. The van der Waals surface area contributed by atoms with Crippen molar-refractivity contribution in [3.63, 3.8) is 0 Å². The number of aromatic nitrogens is 3. The minimum absolute atomic E-state index is 0.104. The number of nitrogens with two attached hydrogens (primary N) is 2. The molecular formula is C26H33N5O2. The number of phenols is 2. The molecule has 0 atom stereocenters. The zero-order valence-electron chi connectivity index (χ0n) is 19.2. The van der Waals surface area contributed by atoms with Crippen LogP contribution in [0.25, 0.3) is 21.9 Å². The van der Waals surface area contributed by atoms with Crippen molar-refractivity contribution in [3.05, 3.63) is 53.3 Å². The lowest BCUT2D eigenvalue weighted by atomic mass is 10.0. The van der Waals surface area contributed by atoms with Gasteiger partial charge in [0, 0.05) is 17.4 Å². The van der Waals surface area contributed by atoms with Crippen molar-refractivity contribution in [3.8, 4) is 11.5 Å². The summed E-state index contributed by atoms with van der Waals surface area (Å²) in [6.07, 6.45) is 7.05. The molecule has 174 valence electrons. The van der Waals surface area contributed by atoms with E-state index in [1.807, 2.05) is 12.1 Å². The highest BCUT2D eigenvalue weighted by molar-refractivity contribution is 6.06. The molecule has 0 radical (unpaired) electrons. The number of aryl methyl sites for hydroxylation is 2. The molecule has 0 saturated carbocycles. The van der Waals surface area contributed by atoms with E-state index in [9.17, 15) is 10.2 Å². The standard InChI is InChI=1S/C26H33N5O2/c1-2-3-11-22-30-23-24(31(22)16-18-9-7-10-21(32)25(18)33)19-15-17(8-5-4-6-14-27)12-13-20(19)29-26(23)28/h7,9-10,12-13,15,32-33H,2-6,8,11,14,16,27H2,1H3,(H2,28,29). The van der Waals surface area contributed by atoms with E-state index in [-0.39, 0.29) is 11.5 Å². The van der Waals surface area contributed by atoms with E-state index in [0.717, 1.165) is 73.7 Å². The topological polar surface area (TPSA) is 123 Å². The number of unbranched alkanes of at least 4 members (excludes halogenated alkanes) is 3. The molecule has 4 aromatic rings. The van der Waals surface area contributed by atoms with Crippen molar-refractivity contribution >= 4 is 27.8 Å². The van der Waals surface area contributed by atoms with E-state index >= 15 is 0 Å². The number of rotatable bonds is 10. The summed E-state index contributed by atoms with van der Waals surface area (Å²) < 4.78 is 2.12. The largest absolute Gasteiger partial charge is 0.504 e. The van der Waals surface area contributed by atoms with Crippen LogP contribution in [0.5, 0.6) is 11.5 Å². The molecule has 0 aliphatic carbocycles. The molecule has 0 fully saturated rings. The number of imidazole rings is 1. The lowest BCUT2D eigenvalue weighted by molar-refractivity contribution is 0.398. The zero-order valence-corrected chi connectivity index (χ0v) is 19.2. The molecule has 4 rings (SSSR count). The Morgan fingerprint density at radius 2 is 1.82 bits per heavy atom. The van der Waals surface area contributed by atoms with Gasteiger partial charge >= 0.3 is 0 Å². The minimum Gasteiger partial charge on any atom is -0.504 e. The van der Waals surface area contributed by atoms with Crippen LogP contribution in [-0.2, 0) is 19.4 Å². The van der Waals surface area contributed by atoms with Gasteiger partial charge in [0.05, 0.1) is 17.6 Å². The molecule has 2 aromatic heterocycles. The summed E-state index contributed by atoms with van der Waals surface area (Å²) in [5.74, 6) is 1.08. The summed E-state index contributed by atoms with van der Waals surface area (Å²) in [6.45, 7) is 3.26. The van der Waals surface area contributed by atoms with E-state index in [2.05, 4.69) is 28.6 Å². The fourth-order valence-electron chi connectivity index (χ4n) is 4.38. The van der Waals surface area contributed by atoms with Crippen molar-refractivity contribution in [1.29, 1.82) is 0 Å². The number of nitrogens with zero attached hydrogens (tertiary/aromatic N) is 3. The van der Waals surface area contributed by atoms with Gasteiger partial charge in [-0.05, 0) is 56.0 Å². The van der Waals surface area contributed by atoms with Crippen LogP contribution in [0.4, 0.5) is 5.82 Å². The Balaban J connectivity index is 1.87. The van der Waals surface area contributed by atoms with Crippen LogP contribution < -0.4 is 11.5 Å². The first-order valence-corrected chi connectivity index (χ1v) is 11.8. The Labute approximate surface area is 194 Å². The third-order valence-electron chi connectivity index (χ3n) is 6.20. The number of aromatic hydroxyl groups is 2. The number of anilines is 1. The highest BCUT2D eigenvalue weighted by atomic mass is 16.3. The molecule has 0 unspecified atom stereocenters. The fraction of sp³-hybridized carbons (Fsp3) is 0.385. The highest BCUT2D eigenvalue weighted by Gasteiger charge is 2.19. The van der Waals surface area contributed by atoms with Crippen molar-refractivity contribution in [1.82, 2.24) is 14.5 Å². The normalized spacial score (nSPS) is 11.6. The number of fused-ring (bicyclic) bond motifs is 3. The number of pyridine rings is 1. The molecule has 7 nitrogen and oxygen atoms in total. The number of hydrogen-bond acceptors (Lipinski definition) is 6. The summed E-state index contributed by atoms with van der Waals surface area (Å²) in [5.41, 5.74) is 16.3. The minimum atomic E-state index is -0.127. The van der Waals surface area contributed by atoms with Crippen molar-refractivity contribution in [2.45, 2.75) is 58.4 Å². The first-order valence-electron chi connectivity index (χ1n) is 11.8. The molecule has 6 N–H and O–H groups in total.